The third-order valence-electron chi connectivity index (χ3n) is 15.1. The van der Waals surface area contributed by atoms with Crippen molar-refractivity contribution in [3.8, 4) is 46.0 Å². The summed E-state index contributed by atoms with van der Waals surface area (Å²) in [6, 6.07) is 41.3. The van der Waals surface area contributed by atoms with Crippen LogP contribution in [0.2, 0.25) is 0 Å². The van der Waals surface area contributed by atoms with Crippen molar-refractivity contribution in [1.29, 1.82) is 0 Å². The van der Waals surface area contributed by atoms with Gasteiger partial charge >= 0.3 is 17.6 Å². The summed E-state index contributed by atoms with van der Waals surface area (Å²) in [7, 11) is 2.51. The topological polar surface area (TPSA) is 244 Å². The van der Waals surface area contributed by atoms with Crippen LogP contribution < -0.4 is 29.6 Å². The molecule has 2 heterocycles. The minimum Gasteiger partial charge on any atom is -0.457 e. The number of fused-ring (bicyclic) bond motifs is 2. The normalized spacial score (nSPS) is 13.3. The maximum Gasteiger partial charge on any atom is 0.527 e. The highest BCUT2D eigenvalue weighted by molar-refractivity contribution is 6.60. The lowest BCUT2D eigenvalue weighted by atomic mass is 9.80. The quantitative estimate of drug-likeness (QED) is 0.0153. The van der Waals surface area contributed by atoms with Gasteiger partial charge in [0.05, 0.1) is 35.5 Å². The molecule has 0 fully saturated rings. The number of amides is 6. The fourth-order valence-electron chi connectivity index (χ4n) is 10.9. The first-order valence-electron chi connectivity index (χ1n) is 27.8. The fraction of sp³-hybridized carbons (Fsp3) is 0.219. The Kier molecular flexibility index (Phi) is 17.9. The average molecular weight is 1230 g/mol. The Balaban J connectivity index is 1.13. The minimum atomic E-state index is -3.09. The molecule has 0 atom stereocenters. The highest BCUT2D eigenvalue weighted by atomic mass is 28.4. The number of nitrogens with one attached hydrogen (secondary N) is 2. The van der Waals surface area contributed by atoms with E-state index in [1.165, 1.54) is 66.9 Å². The number of nitrogens with zero attached hydrogens (tertiary/aromatic N) is 2. The first kappa shape index (κ1) is 60.5. The number of imide groups is 2. The lowest BCUT2D eigenvalue weighted by Crippen LogP contribution is -2.49. The Labute approximate surface area is 506 Å². The van der Waals surface area contributed by atoms with Gasteiger partial charge in [-0.1, -0.05) is 72.8 Å². The van der Waals surface area contributed by atoms with Gasteiger partial charge in [-0.25, -0.2) is 0 Å². The number of hydrogen-bond donors (Lipinski definition) is 2. The van der Waals surface area contributed by atoms with Gasteiger partial charge in [-0.2, -0.15) is 0 Å². The molecule has 2 N–H and O–H groups in total. The van der Waals surface area contributed by atoms with Gasteiger partial charge in [0.1, 0.15) is 71.5 Å². The van der Waals surface area contributed by atoms with Gasteiger partial charge in [0.2, 0.25) is 11.8 Å². The van der Waals surface area contributed by atoms with Crippen molar-refractivity contribution in [2.45, 2.75) is 0 Å². The molecule has 22 nitrogen and oxygen atoms in total. The maximum absolute atomic E-state index is 15.4. The molecule has 2 aliphatic heterocycles. The van der Waals surface area contributed by atoms with Crippen LogP contribution in [0.5, 0.6) is 46.0 Å². The van der Waals surface area contributed by atoms with Gasteiger partial charge < -0.3 is 65.6 Å². The lowest BCUT2D eigenvalue weighted by molar-refractivity contribution is -0.122. The van der Waals surface area contributed by atoms with Crippen LogP contribution in [-0.2, 0) is 45.6 Å². The molecular weight excluding hydrogens is 1170 g/mol. The second-order valence-electron chi connectivity index (χ2n) is 20.1. The zero-order chi connectivity index (χ0) is 61.7. The van der Waals surface area contributed by atoms with E-state index in [0.29, 0.717) is 23.0 Å². The van der Waals surface area contributed by atoms with E-state index < -0.39 is 66.1 Å². The molecule has 11 rings (SSSR count). The molecule has 9 aromatic carbocycles. The van der Waals surface area contributed by atoms with Crippen LogP contribution in [0, 0.1) is 0 Å². The molecule has 9 aromatic rings. The van der Waals surface area contributed by atoms with Gasteiger partial charge in [-0.05, 0) is 72.8 Å². The highest BCUT2D eigenvalue weighted by Crippen LogP contribution is 2.58. The van der Waals surface area contributed by atoms with Crippen molar-refractivity contribution < 1.29 is 83.7 Å². The van der Waals surface area contributed by atoms with E-state index in [0.717, 1.165) is 9.80 Å². The molecule has 0 unspecified atom stereocenters. The Morgan fingerprint density at radius 1 is 0.364 bits per heavy atom. The molecule has 0 aliphatic carbocycles. The van der Waals surface area contributed by atoms with Gasteiger partial charge in [-0.15, -0.1) is 0 Å². The van der Waals surface area contributed by atoms with Crippen molar-refractivity contribution >= 4 is 96.1 Å². The summed E-state index contributed by atoms with van der Waals surface area (Å²) in [6.07, 6.45) is -0.00126. The van der Waals surface area contributed by atoms with Crippen molar-refractivity contribution in [3.05, 3.63) is 168 Å². The molecule has 88 heavy (non-hydrogen) atoms. The van der Waals surface area contributed by atoms with Crippen molar-refractivity contribution in [2.24, 2.45) is 0 Å². The monoisotopic (exact) mass is 1230 g/mol. The van der Waals surface area contributed by atoms with Crippen LogP contribution >= 0.6 is 0 Å². The van der Waals surface area contributed by atoms with Crippen LogP contribution in [0.25, 0.3) is 43.1 Å². The van der Waals surface area contributed by atoms with Crippen molar-refractivity contribution in [1.82, 2.24) is 20.4 Å². The van der Waals surface area contributed by atoms with E-state index in [1.54, 1.807) is 97.1 Å². The molecule has 0 aromatic heterocycles. The predicted octanol–water partition coefficient (Wildman–Crippen LogP) is 9.20. The van der Waals surface area contributed by atoms with E-state index in [2.05, 4.69) is 10.6 Å². The second kappa shape index (κ2) is 26.0. The van der Waals surface area contributed by atoms with Crippen LogP contribution in [0.1, 0.15) is 41.4 Å². The van der Waals surface area contributed by atoms with Gasteiger partial charge in [0, 0.05) is 98.8 Å². The molecular formula is C64H60N4O18Si2. The highest BCUT2D eigenvalue weighted by Gasteiger charge is 2.43. The van der Waals surface area contributed by atoms with Crippen molar-refractivity contribution in [2.75, 3.05) is 94.5 Å². The summed E-state index contributed by atoms with van der Waals surface area (Å²) in [5.74, 6) is -2.90. The second-order valence-corrected chi connectivity index (χ2v) is 25.9. The molecule has 0 spiro atoms. The summed E-state index contributed by atoms with van der Waals surface area (Å²) in [6.45, 7) is -1.34. The average Bonchev–Trinajstić information content (AvgIpc) is 0.676. The molecule has 0 saturated carbocycles. The third kappa shape index (κ3) is 11.6. The Hall–Kier alpha value is -9.19. The number of carbonyl (C=O) groups is 6. The third-order valence-corrected chi connectivity index (χ3v) is 20.0. The summed E-state index contributed by atoms with van der Waals surface area (Å²) in [4.78, 5) is 90.9. The molecule has 0 radical (unpaired) electrons. The SMILES string of the molecule is CO[Si](COCCNC(=O)CN1C(=O)c2cc(Oc3ccccc3)c3c4c(Oc5ccccc5)cc5c6c(cc(Oc7ccccc7)c(c7c(Oc8ccccc8)cc(c2c37)C1=O)c64)C(=O)N(CC(=O)NCCOC[Si](OC)(OC)OC)C5=O)(OC)OC. The molecule has 0 bridgehead atoms. The number of carbonyl (C=O) groups excluding carboxylic acids is 6. The fourth-order valence-corrected chi connectivity index (χ4v) is 13.3. The van der Waals surface area contributed by atoms with Crippen LogP contribution in [0.4, 0.5) is 0 Å². The van der Waals surface area contributed by atoms with Gasteiger partial charge in [0.15, 0.2) is 0 Å². The Bertz CT molecular complexity index is 3630. The molecule has 24 heteroatoms. The van der Waals surface area contributed by atoms with Crippen molar-refractivity contribution in [3.63, 3.8) is 0 Å². The minimum absolute atomic E-state index is 0.000630. The van der Waals surface area contributed by atoms with E-state index in [9.17, 15) is 9.59 Å². The smallest absolute Gasteiger partial charge is 0.457 e. The number of hydrogen-bond acceptors (Lipinski definition) is 18. The zero-order valence-corrected chi connectivity index (χ0v) is 50.8. The van der Waals surface area contributed by atoms with E-state index >= 15 is 19.2 Å². The van der Waals surface area contributed by atoms with Crippen LogP contribution in [0.15, 0.2) is 146 Å². The van der Waals surface area contributed by atoms with Gasteiger partial charge in [-0.3, -0.25) is 38.6 Å². The number of ether oxygens (including phenoxy) is 6. The standard InChI is InChI=1S/C64H60N4O18Si2/c1-75-87(76-2,77-3)37-81-29-27-65-51(69)35-67-61(71)43-31-47(83-39-19-11-7-12-20-39)55-57-49(85-41-23-15-9-16-24-41)33-45-54-46(64(74)68(63(45)73)36-52(70)66-28-30-82-38-88(78-4,79-5)80-6)34-50(86-42-25-17-10-18-26-42)58(60(54)57)56-48(84-40-21-13-8-14-22-40)32-44(62(67)72)53(43)59(55)56/h7-26,31-34H,27-30,35-38H2,1-6H3,(H,65,69)(H,66,70). The summed E-state index contributed by atoms with van der Waals surface area (Å²) in [5, 5.41) is 7.51. The largest absolute Gasteiger partial charge is 0.527 e. The van der Waals surface area contributed by atoms with E-state index in [4.69, 9.17) is 55.0 Å². The molecule has 6 amide bonds. The van der Waals surface area contributed by atoms with E-state index in [-0.39, 0.29) is 127 Å². The number of para-hydroxylation sites is 4. The predicted molar refractivity (Wildman–Crippen MR) is 326 cm³/mol. The van der Waals surface area contributed by atoms with Crippen LogP contribution in [-0.4, -0.2) is 157 Å². The Morgan fingerprint density at radius 2 is 0.614 bits per heavy atom. The number of benzene rings is 9. The first-order chi connectivity index (χ1) is 42.8. The summed E-state index contributed by atoms with van der Waals surface area (Å²) in [5.41, 5.74) is -0.0231. The summed E-state index contributed by atoms with van der Waals surface area (Å²) >= 11 is 0. The maximum atomic E-state index is 15.4. The Morgan fingerprint density at radius 3 is 0.852 bits per heavy atom. The molecule has 2 aliphatic rings. The lowest BCUT2D eigenvalue weighted by Gasteiger charge is -2.32. The molecule has 0 saturated heterocycles. The van der Waals surface area contributed by atoms with E-state index in [1.807, 2.05) is 24.3 Å². The number of rotatable bonds is 28. The van der Waals surface area contributed by atoms with Crippen LogP contribution in [0.3, 0.4) is 0 Å². The zero-order valence-electron chi connectivity index (χ0n) is 48.8. The molecule has 452 valence electrons. The van der Waals surface area contributed by atoms with Gasteiger partial charge in [0.25, 0.3) is 23.6 Å². The first-order valence-corrected chi connectivity index (χ1v) is 31.7. The summed E-state index contributed by atoms with van der Waals surface area (Å²) < 4.78 is 71.8.